The maximum Gasteiger partial charge on any atom is 0.120 e. The summed E-state index contributed by atoms with van der Waals surface area (Å²) < 4.78 is 6.27. The predicted molar refractivity (Wildman–Crippen MR) is 73.9 cm³/mol. The van der Waals surface area contributed by atoms with Crippen LogP contribution in [0.4, 0.5) is 0 Å². The van der Waals surface area contributed by atoms with E-state index in [0.717, 1.165) is 31.6 Å². The lowest BCUT2D eigenvalue weighted by Gasteiger charge is -2.40. The molecule has 0 radical (unpaired) electrons. The van der Waals surface area contributed by atoms with E-state index in [2.05, 4.69) is 11.4 Å². The molecule has 2 atom stereocenters. The first-order valence-corrected chi connectivity index (χ1v) is 7.50. The van der Waals surface area contributed by atoms with Crippen LogP contribution in [0.25, 0.3) is 0 Å². The van der Waals surface area contributed by atoms with Crippen molar-refractivity contribution < 1.29 is 9.84 Å². The first kappa shape index (κ1) is 11.7. The second-order valence-electron chi connectivity index (χ2n) is 6.21. The fourth-order valence-electron chi connectivity index (χ4n) is 4.30. The molecule has 0 aromatic rings. The van der Waals surface area contributed by atoms with E-state index in [-0.39, 0.29) is 11.6 Å². The lowest BCUT2D eigenvalue weighted by Crippen LogP contribution is -2.45. The Morgan fingerprint density at radius 3 is 2.95 bits per heavy atom. The second-order valence-corrected chi connectivity index (χ2v) is 6.21. The highest BCUT2D eigenvalue weighted by atomic mass is 16.5. The van der Waals surface area contributed by atoms with Gasteiger partial charge in [0, 0.05) is 18.0 Å². The maximum atomic E-state index is 10.3. The number of hydrogen-bond acceptors (Lipinski definition) is 3. The van der Waals surface area contributed by atoms with E-state index in [9.17, 15) is 5.11 Å². The third kappa shape index (κ3) is 1.65. The van der Waals surface area contributed by atoms with Crippen molar-refractivity contribution in [3.8, 4) is 0 Å². The van der Waals surface area contributed by atoms with Crippen molar-refractivity contribution in [3.05, 3.63) is 35.1 Å². The standard InChI is InChI=1S/C16H21NO2/c18-13-6-4-5-12-14(13)15-11(9-17-12)10-19-16(15)7-2-1-3-8-16/h4-6,11-12,17-18H,1-3,7-10H2. The molecule has 19 heavy (non-hydrogen) atoms. The van der Waals surface area contributed by atoms with E-state index >= 15 is 0 Å². The lowest BCUT2D eigenvalue weighted by molar-refractivity contribution is -0.00659. The SMILES string of the molecule is OC1=CC=CC2NCC3COC4(CCCCC4)C3=C12. The molecule has 3 nitrogen and oxygen atoms in total. The molecule has 4 aliphatic rings. The monoisotopic (exact) mass is 259 g/mol. The molecule has 2 aliphatic heterocycles. The summed E-state index contributed by atoms with van der Waals surface area (Å²) in [5.41, 5.74) is 2.46. The second kappa shape index (κ2) is 4.22. The Morgan fingerprint density at radius 1 is 1.26 bits per heavy atom. The quantitative estimate of drug-likeness (QED) is 0.702. The summed E-state index contributed by atoms with van der Waals surface area (Å²) >= 11 is 0. The van der Waals surface area contributed by atoms with Gasteiger partial charge in [0.05, 0.1) is 18.2 Å². The van der Waals surface area contributed by atoms with Crippen LogP contribution in [-0.4, -0.2) is 29.9 Å². The minimum atomic E-state index is -0.0639. The van der Waals surface area contributed by atoms with Crippen molar-refractivity contribution in [2.45, 2.75) is 43.7 Å². The van der Waals surface area contributed by atoms with Crippen LogP contribution in [0.5, 0.6) is 0 Å². The van der Waals surface area contributed by atoms with Gasteiger partial charge in [0.2, 0.25) is 0 Å². The lowest BCUT2D eigenvalue weighted by atomic mass is 9.71. The number of ether oxygens (including phenoxy) is 1. The number of hydrogen-bond donors (Lipinski definition) is 2. The summed E-state index contributed by atoms with van der Waals surface area (Å²) in [4.78, 5) is 0. The number of rotatable bonds is 0. The summed E-state index contributed by atoms with van der Waals surface area (Å²) in [6.45, 7) is 1.79. The van der Waals surface area contributed by atoms with Crippen LogP contribution in [0.2, 0.25) is 0 Å². The van der Waals surface area contributed by atoms with Crippen LogP contribution in [-0.2, 0) is 4.74 Å². The zero-order valence-electron chi connectivity index (χ0n) is 11.2. The van der Waals surface area contributed by atoms with Gasteiger partial charge in [-0.25, -0.2) is 0 Å². The molecule has 2 N–H and O–H groups in total. The summed E-state index contributed by atoms with van der Waals surface area (Å²) in [7, 11) is 0. The normalized spacial score (nSPS) is 36.1. The van der Waals surface area contributed by atoms with Crippen molar-refractivity contribution in [3.63, 3.8) is 0 Å². The largest absolute Gasteiger partial charge is 0.508 e. The Balaban J connectivity index is 1.85. The van der Waals surface area contributed by atoms with E-state index < -0.39 is 0 Å². The van der Waals surface area contributed by atoms with Crippen molar-refractivity contribution in [2.75, 3.05) is 13.2 Å². The van der Waals surface area contributed by atoms with Gasteiger partial charge in [0.15, 0.2) is 0 Å². The molecule has 102 valence electrons. The third-order valence-corrected chi connectivity index (χ3v) is 5.14. The number of nitrogens with one attached hydrogen (secondary N) is 1. The first-order chi connectivity index (χ1) is 9.30. The van der Waals surface area contributed by atoms with E-state index in [1.54, 1.807) is 0 Å². The number of fused-ring (bicyclic) bond motifs is 3. The summed E-state index contributed by atoms with van der Waals surface area (Å²) in [5.74, 6) is 0.890. The molecular formula is C16H21NO2. The van der Waals surface area contributed by atoms with Crippen molar-refractivity contribution >= 4 is 0 Å². The molecule has 0 aromatic heterocycles. The average molecular weight is 259 g/mol. The minimum absolute atomic E-state index is 0.0639. The highest BCUT2D eigenvalue weighted by molar-refractivity contribution is 5.50. The van der Waals surface area contributed by atoms with Gasteiger partial charge in [-0.1, -0.05) is 31.4 Å². The molecular weight excluding hydrogens is 238 g/mol. The highest BCUT2D eigenvalue weighted by Crippen LogP contribution is 2.49. The van der Waals surface area contributed by atoms with Crippen LogP contribution in [0.15, 0.2) is 35.1 Å². The summed E-state index contributed by atoms with van der Waals surface area (Å²) in [5, 5.41) is 13.8. The van der Waals surface area contributed by atoms with Crippen LogP contribution >= 0.6 is 0 Å². The molecule has 1 saturated heterocycles. The van der Waals surface area contributed by atoms with E-state index in [1.165, 1.54) is 24.8 Å². The molecule has 4 rings (SSSR count). The van der Waals surface area contributed by atoms with Crippen molar-refractivity contribution in [1.29, 1.82) is 0 Å². The average Bonchev–Trinajstić information content (AvgIpc) is 2.79. The Bertz CT molecular complexity index is 483. The molecule has 2 heterocycles. The van der Waals surface area contributed by atoms with Gasteiger partial charge in [0.1, 0.15) is 5.76 Å². The number of aliphatic hydroxyl groups is 1. The van der Waals surface area contributed by atoms with Gasteiger partial charge in [0.25, 0.3) is 0 Å². The van der Waals surface area contributed by atoms with E-state index in [0.29, 0.717) is 11.7 Å². The molecule has 0 aromatic carbocycles. The fourth-order valence-corrected chi connectivity index (χ4v) is 4.30. The first-order valence-electron chi connectivity index (χ1n) is 7.50. The van der Waals surface area contributed by atoms with Gasteiger partial charge in [-0.2, -0.15) is 0 Å². The highest BCUT2D eigenvalue weighted by Gasteiger charge is 2.50. The van der Waals surface area contributed by atoms with E-state index in [4.69, 9.17) is 4.74 Å². The van der Waals surface area contributed by atoms with Gasteiger partial charge in [-0.15, -0.1) is 0 Å². The summed E-state index contributed by atoms with van der Waals surface area (Å²) in [6.07, 6.45) is 12.0. The molecule has 2 unspecified atom stereocenters. The van der Waals surface area contributed by atoms with Crippen molar-refractivity contribution in [1.82, 2.24) is 5.32 Å². The van der Waals surface area contributed by atoms with Crippen LogP contribution < -0.4 is 5.32 Å². The number of aliphatic hydroxyl groups excluding tert-OH is 1. The van der Waals surface area contributed by atoms with Crippen LogP contribution in [0.1, 0.15) is 32.1 Å². The smallest absolute Gasteiger partial charge is 0.120 e. The zero-order chi connectivity index (χ0) is 12.9. The van der Waals surface area contributed by atoms with E-state index in [1.807, 2.05) is 12.2 Å². The zero-order valence-corrected chi connectivity index (χ0v) is 11.2. The number of allylic oxidation sites excluding steroid dienone is 2. The van der Waals surface area contributed by atoms with Crippen LogP contribution in [0.3, 0.4) is 0 Å². The molecule has 1 saturated carbocycles. The minimum Gasteiger partial charge on any atom is -0.508 e. The molecule has 0 bridgehead atoms. The maximum absolute atomic E-state index is 10.3. The molecule has 2 aliphatic carbocycles. The Kier molecular flexibility index (Phi) is 2.61. The molecule has 3 heteroatoms. The summed E-state index contributed by atoms with van der Waals surface area (Å²) in [6, 6.07) is 0.178. The third-order valence-electron chi connectivity index (χ3n) is 5.14. The molecule has 0 amide bonds. The molecule has 2 fully saturated rings. The van der Waals surface area contributed by atoms with Gasteiger partial charge in [-0.3, -0.25) is 0 Å². The molecule has 1 spiro atoms. The fraction of sp³-hybridized carbons (Fsp3) is 0.625. The van der Waals surface area contributed by atoms with Crippen LogP contribution in [0, 0.1) is 5.92 Å². The van der Waals surface area contributed by atoms with Gasteiger partial charge >= 0.3 is 0 Å². The van der Waals surface area contributed by atoms with Gasteiger partial charge < -0.3 is 15.2 Å². The van der Waals surface area contributed by atoms with Gasteiger partial charge in [-0.05, 0) is 24.5 Å². The Hall–Kier alpha value is -1.06. The predicted octanol–water partition coefficient (Wildman–Crippen LogP) is 2.62. The van der Waals surface area contributed by atoms with Crippen molar-refractivity contribution in [2.24, 2.45) is 5.92 Å². The Morgan fingerprint density at radius 2 is 2.11 bits per heavy atom. The Labute approximate surface area is 114 Å². The topological polar surface area (TPSA) is 41.5 Å².